The van der Waals surface area contributed by atoms with Crippen LogP contribution in [0.25, 0.3) is 0 Å². The van der Waals surface area contributed by atoms with Crippen molar-refractivity contribution in [3.05, 3.63) is 34.9 Å². The highest BCUT2D eigenvalue weighted by Gasteiger charge is 2.33. The molecule has 1 amide bonds. The predicted octanol–water partition coefficient (Wildman–Crippen LogP) is 1.65. The van der Waals surface area contributed by atoms with Crippen molar-refractivity contribution in [2.75, 3.05) is 13.7 Å². The first-order valence-corrected chi connectivity index (χ1v) is 14.0. The number of nitrogens with two attached hydrogens (primary N) is 2. The highest BCUT2D eigenvalue weighted by Crippen LogP contribution is 2.42. The molecule has 0 unspecified atom stereocenters. The number of nitrogens with one attached hydrogen (secondary N) is 2. The maximum Gasteiger partial charge on any atom is 0.328 e. The fraction of sp³-hybridized carbons (Fsp3) is 0.577. The normalized spacial score (nSPS) is 16.4. The van der Waals surface area contributed by atoms with Crippen LogP contribution < -0.4 is 26.2 Å². The van der Waals surface area contributed by atoms with Gasteiger partial charge < -0.3 is 26.3 Å². The van der Waals surface area contributed by atoms with Gasteiger partial charge in [-0.2, -0.15) is 0 Å². The molecule has 0 fully saturated rings. The summed E-state index contributed by atoms with van der Waals surface area (Å²) in [6.07, 6.45) is 3.80. The van der Waals surface area contributed by atoms with Crippen LogP contribution in [-0.2, 0) is 30.8 Å². The number of esters is 1. The average Bonchev–Trinajstić information content (AvgIpc) is 2.83. The minimum atomic E-state index is -4.00. The van der Waals surface area contributed by atoms with E-state index >= 15 is 0 Å². The van der Waals surface area contributed by atoms with Gasteiger partial charge in [-0.05, 0) is 89.0 Å². The number of methoxy groups -OCH3 is 1. The van der Waals surface area contributed by atoms with E-state index in [2.05, 4.69) is 26.3 Å². The van der Waals surface area contributed by atoms with Crippen LogP contribution in [0.3, 0.4) is 0 Å². The van der Waals surface area contributed by atoms with E-state index in [1.807, 2.05) is 20.8 Å². The lowest BCUT2D eigenvalue weighted by molar-refractivity contribution is -0.145. The predicted molar refractivity (Wildman–Crippen MR) is 146 cm³/mol. The molecule has 6 N–H and O–H groups in total. The summed E-state index contributed by atoms with van der Waals surface area (Å²) in [6.45, 7) is 13.1. The molecule has 0 aromatic heterocycles. The number of rotatable bonds is 11. The van der Waals surface area contributed by atoms with Crippen molar-refractivity contribution in [1.29, 1.82) is 0 Å². The lowest BCUT2D eigenvalue weighted by Crippen LogP contribution is -2.48. The van der Waals surface area contributed by atoms with Crippen LogP contribution in [0.15, 0.2) is 22.5 Å². The van der Waals surface area contributed by atoms with Crippen molar-refractivity contribution in [3.63, 3.8) is 0 Å². The minimum absolute atomic E-state index is 0.145. The van der Waals surface area contributed by atoms with Crippen LogP contribution in [0.5, 0.6) is 5.75 Å². The summed E-state index contributed by atoms with van der Waals surface area (Å²) < 4.78 is 39.8. The summed E-state index contributed by atoms with van der Waals surface area (Å²) in [5.41, 5.74) is 14.4. The summed E-state index contributed by atoms with van der Waals surface area (Å²) in [6, 6.07) is -1.76. The third-order valence-corrected chi connectivity index (χ3v) is 8.30. The van der Waals surface area contributed by atoms with Gasteiger partial charge in [-0.1, -0.05) is 6.08 Å². The number of benzene rings is 1. The molecule has 0 saturated carbocycles. The number of guanidine groups is 1. The Morgan fingerprint density at radius 2 is 1.89 bits per heavy atom. The van der Waals surface area contributed by atoms with E-state index in [4.69, 9.17) is 16.2 Å². The van der Waals surface area contributed by atoms with Gasteiger partial charge in [0.15, 0.2) is 0 Å². The molecular weight excluding hydrogens is 510 g/mol. The second-order valence-corrected chi connectivity index (χ2v) is 11.7. The molecule has 1 heterocycles. The molecule has 1 aliphatic heterocycles. The molecule has 12 heteroatoms. The van der Waals surface area contributed by atoms with Crippen LogP contribution in [0.4, 0.5) is 0 Å². The fourth-order valence-corrected chi connectivity index (χ4v) is 5.94. The van der Waals surface area contributed by atoms with Gasteiger partial charge >= 0.3 is 5.97 Å². The molecule has 0 saturated heterocycles. The van der Waals surface area contributed by atoms with Gasteiger partial charge in [0.25, 0.3) is 10.0 Å². The lowest BCUT2D eigenvalue weighted by Gasteiger charge is -2.35. The van der Waals surface area contributed by atoms with Crippen molar-refractivity contribution in [1.82, 2.24) is 10.0 Å². The van der Waals surface area contributed by atoms with E-state index in [9.17, 15) is 18.0 Å². The van der Waals surface area contributed by atoms with Gasteiger partial charge in [-0.25, -0.2) is 17.9 Å². The van der Waals surface area contributed by atoms with Gasteiger partial charge in [0, 0.05) is 6.54 Å². The van der Waals surface area contributed by atoms with E-state index < -0.39 is 34.0 Å². The number of carbonyl (C=O) groups is 2. The Labute approximate surface area is 225 Å². The topological polar surface area (TPSA) is 175 Å². The zero-order chi connectivity index (χ0) is 28.8. The average molecular weight is 552 g/mol. The first kappa shape index (κ1) is 31.1. The zero-order valence-corrected chi connectivity index (χ0v) is 24.0. The zero-order valence-electron chi connectivity index (χ0n) is 23.1. The Hall–Kier alpha value is -3.12. The number of fused-ring (bicyclic) bond motifs is 1. The van der Waals surface area contributed by atoms with Gasteiger partial charge in [-0.3, -0.25) is 9.79 Å². The number of hydrogen-bond donors (Lipinski definition) is 4. The van der Waals surface area contributed by atoms with Gasteiger partial charge in [0.1, 0.15) is 17.4 Å². The maximum atomic E-state index is 13.3. The van der Waals surface area contributed by atoms with Gasteiger partial charge in [0.05, 0.1) is 18.0 Å². The number of amides is 1. The van der Waals surface area contributed by atoms with Gasteiger partial charge in [0.2, 0.25) is 11.9 Å². The summed E-state index contributed by atoms with van der Waals surface area (Å²) in [5.74, 6) is -0.613. The number of carbonyl (C=O) groups excluding carboxylic acids is 2. The first-order chi connectivity index (χ1) is 17.6. The number of nitrogens with zero attached hydrogens (tertiary/aromatic N) is 1. The Bertz CT molecular complexity index is 1210. The SMILES string of the molecule is C=CC[C@@H](NC(=O)[C@H](N)CCCN=C(N)NS(=O)(=O)c1c(C)c(C)c2c(c1C)CCC(C)(C)O2)C(=O)OC. The Morgan fingerprint density at radius 1 is 1.24 bits per heavy atom. The fourth-order valence-electron chi connectivity index (χ4n) is 4.42. The van der Waals surface area contributed by atoms with E-state index in [1.165, 1.54) is 13.2 Å². The lowest BCUT2D eigenvalue weighted by atomic mass is 9.88. The summed E-state index contributed by atoms with van der Waals surface area (Å²) in [7, 11) is -2.78. The molecule has 1 aromatic rings. The highest BCUT2D eigenvalue weighted by atomic mass is 32.2. The van der Waals surface area contributed by atoms with E-state index in [0.29, 0.717) is 24.0 Å². The van der Waals surface area contributed by atoms with Crippen LogP contribution >= 0.6 is 0 Å². The third kappa shape index (κ3) is 7.47. The number of aliphatic imine (C=N–C) groups is 1. The monoisotopic (exact) mass is 551 g/mol. The van der Waals surface area contributed by atoms with Crippen LogP contribution in [0.2, 0.25) is 0 Å². The van der Waals surface area contributed by atoms with E-state index in [0.717, 1.165) is 23.3 Å². The van der Waals surface area contributed by atoms with Crippen molar-refractivity contribution < 1.29 is 27.5 Å². The van der Waals surface area contributed by atoms with Crippen molar-refractivity contribution in [2.45, 2.75) is 89.3 Å². The van der Waals surface area contributed by atoms with Crippen molar-refractivity contribution in [3.8, 4) is 5.75 Å². The quantitative estimate of drug-likeness (QED) is 0.106. The molecule has 1 aromatic carbocycles. The molecule has 1 aliphatic rings. The first-order valence-electron chi connectivity index (χ1n) is 12.5. The largest absolute Gasteiger partial charge is 0.487 e. The van der Waals surface area contributed by atoms with Crippen LogP contribution in [0.1, 0.15) is 61.8 Å². The standard InChI is InChI=1S/C26H41N5O6S/c1-8-10-20(24(33)36-7)30-23(32)19(27)11-9-14-29-25(28)31-38(34,35)22-16(3)15(2)21-18(17(22)4)12-13-26(5,6)37-21/h8,19-20H,1,9-14,27H2,2-7H3,(H,30,32)(H3,28,29,31)/t19-,20-/m1/s1. The number of sulfonamides is 1. The summed E-state index contributed by atoms with van der Waals surface area (Å²) in [4.78, 5) is 28.3. The summed E-state index contributed by atoms with van der Waals surface area (Å²) >= 11 is 0. The van der Waals surface area contributed by atoms with Gasteiger partial charge in [-0.15, -0.1) is 6.58 Å². The Kier molecular flexibility index (Phi) is 10.3. The third-order valence-electron chi connectivity index (χ3n) is 6.67. The molecule has 2 rings (SSSR count). The minimum Gasteiger partial charge on any atom is -0.487 e. The number of ether oxygens (including phenoxy) is 2. The summed E-state index contributed by atoms with van der Waals surface area (Å²) in [5, 5.41) is 2.54. The molecule has 0 spiro atoms. The second kappa shape index (κ2) is 12.6. The second-order valence-electron chi connectivity index (χ2n) is 10.1. The number of hydrogen-bond acceptors (Lipinski definition) is 8. The highest BCUT2D eigenvalue weighted by molar-refractivity contribution is 7.90. The Morgan fingerprint density at radius 3 is 2.50 bits per heavy atom. The molecule has 0 radical (unpaired) electrons. The van der Waals surface area contributed by atoms with Crippen molar-refractivity contribution in [2.24, 2.45) is 16.5 Å². The molecule has 212 valence electrons. The molecule has 0 bridgehead atoms. The Balaban J connectivity index is 2.04. The van der Waals surface area contributed by atoms with E-state index in [-0.39, 0.29) is 35.8 Å². The van der Waals surface area contributed by atoms with E-state index in [1.54, 1.807) is 13.8 Å². The smallest absolute Gasteiger partial charge is 0.328 e. The van der Waals surface area contributed by atoms with Crippen molar-refractivity contribution >= 4 is 27.9 Å². The molecule has 2 atom stereocenters. The molecular formula is C26H41N5O6S. The van der Waals surface area contributed by atoms with Crippen LogP contribution in [-0.4, -0.2) is 57.6 Å². The molecule has 11 nitrogen and oxygen atoms in total. The molecule has 38 heavy (non-hydrogen) atoms. The van der Waals surface area contributed by atoms with Crippen LogP contribution in [0, 0.1) is 20.8 Å². The molecule has 0 aliphatic carbocycles. The maximum absolute atomic E-state index is 13.3.